The average molecular weight is 351 g/mol. The molecule has 0 bridgehead atoms. The average Bonchev–Trinajstić information content (AvgIpc) is 2.35. The molecule has 1 rings (SSSR count). The number of halogens is 1. The third-order valence-electron chi connectivity index (χ3n) is 2.63. The minimum Gasteiger partial charge on any atom is -0.447 e. The van der Waals surface area contributed by atoms with Crippen LogP contribution in [-0.2, 0) is 9.47 Å². The number of carbonyl (C=O) groups is 1. The summed E-state index contributed by atoms with van der Waals surface area (Å²) >= 11 is 1.95. The van der Waals surface area contributed by atoms with Crippen LogP contribution in [0.15, 0.2) is 0 Å². The van der Waals surface area contributed by atoms with Crippen molar-refractivity contribution in [2.75, 3.05) is 19.8 Å². The van der Waals surface area contributed by atoms with E-state index in [1.54, 1.807) is 0 Å². The lowest BCUT2D eigenvalue weighted by Crippen LogP contribution is -2.37. The minimum atomic E-state index is -0.333. The first-order chi connectivity index (χ1) is 8.33. The number of amides is 1. The van der Waals surface area contributed by atoms with Crippen LogP contribution >= 0.6 is 22.6 Å². The van der Waals surface area contributed by atoms with Gasteiger partial charge in [0.1, 0.15) is 13.2 Å². The Morgan fingerprint density at radius 2 is 2.06 bits per heavy atom. The Bertz CT molecular complexity index is 279. The quantitative estimate of drug-likeness (QED) is 0.470. The van der Waals surface area contributed by atoms with Gasteiger partial charge in [-0.05, 0) is 16.8 Å². The number of rotatable bonds is 5. The zero-order chi connectivity index (χ0) is 12.3. The first-order valence-corrected chi connectivity index (χ1v) is 7.00. The maximum Gasteiger partial charge on any atom is 0.407 e. The fourth-order valence-corrected chi connectivity index (χ4v) is 1.95. The van der Waals surface area contributed by atoms with E-state index in [1.807, 2.05) is 22.6 Å². The lowest BCUT2D eigenvalue weighted by Gasteiger charge is -2.22. The summed E-state index contributed by atoms with van der Waals surface area (Å²) in [6.45, 7) is 1.06. The zero-order valence-corrected chi connectivity index (χ0v) is 12.0. The molecule has 0 heterocycles. The van der Waals surface area contributed by atoms with Gasteiger partial charge >= 0.3 is 6.09 Å². The van der Waals surface area contributed by atoms with Gasteiger partial charge < -0.3 is 14.8 Å². The van der Waals surface area contributed by atoms with E-state index in [-0.39, 0.29) is 12.7 Å². The van der Waals surface area contributed by atoms with Gasteiger partial charge in [-0.25, -0.2) is 4.79 Å². The largest absolute Gasteiger partial charge is 0.447 e. The second-order valence-corrected chi connectivity index (χ2v) is 4.48. The summed E-state index contributed by atoms with van der Waals surface area (Å²) in [5.41, 5.74) is 0. The third kappa shape index (κ3) is 7.45. The maximum atomic E-state index is 11.4. The molecule has 0 atom stereocenters. The predicted octanol–water partition coefficient (Wildman–Crippen LogP) is 2.46. The van der Waals surface area contributed by atoms with E-state index >= 15 is 0 Å². The van der Waals surface area contributed by atoms with Crippen molar-refractivity contribution >= 4 is 28.7 Å². The molecule has 1 aliphatic carbocycles. The van der Waals surface area contributed by atoms with Crippen LogP contribution in [0.2, 0.25) is 0 Å². The molecule has 0 aliphatic heterocycles. The van der Waals surface area contributed by atoms with E-state index < -0.39 is 0 Å². The molecule has 0 aromatic carbocycles. The second kappa shape index (κ2) is 9.54. The van der Waals surface area contributed by atoms with Crippen LogP contribution in [0.5, 0.6) is 0 Å². The molecule has 0 saturated heterocycles. The maximum absolute atomic E-state index is 11.4. The number of nitrogens with one attached hydrogen (secondary N) is 1. The molecule has 4 nitrogen and oxygen atoms in total. The van der Waals surface area contributed by atoms with Crippen molar-refractivity contribution in [3.05, 3.63) is 0 Å². The first kappa shape index (κ1) is 14.6. The summed E-state index contributed by atoms with van der Waals surface area (Å²) < 4.78 is 12.8. The van der Waals surface area contributed by atoms with Crippen LogP contribution < -0.4 is 5.32 Å². The highest BCUT2D eigenvalue weighted by Crippen LogP contribution is 2.17. The van der Waals surface area contributed by atoms with Crippen molar-refractivity contribution in [2.45, 2.75) is 38.1 Å². The molecular formula is C12H18INO3. The first-order valence-electron chi connectivity index (χ1n) is 5.92. The topological polar surface area (TPSA) is 47.6 Å². The van der Waals surface area contributed by atoms with E-state index in [9.17, 15) is 4.79 Å². The van der Waals surface area contributed by atoms with Gasteiger partial charge in [-0.3, -0.25) is 0 Å². The van der Waals surface area contributed by atoms with Gasteiger partial charge in [0.05, 0.1) is 6.61 Å². The number of alkyl carbamates (subject to hydrolysis) is 1. The number of hydrogen-bond acceptors (Lipinski definition) is 3. The smallest absolute Gasteiger partial charge is 0.407 e. The summed E-state index contributed by atoms with van der Waals surface area (Å²) in [4.78, 5) is 11.4. The fraction of sp³-hybridized carbons (Fsp3) is 0.750. The Kier molecular flexibility index (Phi) is 8.18. The second-order valence-electron chi connectivity index (χ2n) is 3.94. The minimum absolute atomic E-state index is 0.279. The molecule has 0 radical (unpaired) electrons. The van der Waals surface area contributed by atoms with Gasteiger partial charge in [0.25, 0.3) is 0 Å². The van der Waals surface area contributed by atoms with Crippen LogP contribution in [0.4, 0.5) is 4.79 Å². The molecule has 96 valence electrons. The monoisotopic (exact) mass is 351 g/mol. The van der Waals surface area contributed by atoms with Gasteiger partial charge in [0.15, 0.2) is 0 Å². The Morgan fingerprint density at radius 3 is 2.76 bits per heavy atom. The molecule has 1 amide bonds. The number of hydrogen-bond donors (Lipinski definition) is 1. The summed E-state index contributed by atoms with van der Waals surface area (Å²) in [7, 11) is 0. The van der Waals surface area contributed by atoms with E-state index in [0.717, 1.165) is 12.8 Å². The van der Waals surface area contributed by atoms with E-state index in [0.29, 0.717) is 19.3 Å². The van der Waals surface area contributed by atoms with Crippen LogP contribution in [0.1, 0.15) is 32.1 Å². The Balaban J connectivity index is 1.98. The van der Waals surface area contributed by atoms with Gasteiger partial charge in [-0.2, -0.15) is 0 Å². The molecule has 5 heteroatoms. The summed E-state index contributed by atoms with van der Waals surface area (Å²) in [6.07, 6.45) is 5.47. The zero-order valence-electron chi connectivity index (χ0n) is 9.84. The SMILES string of the molecule is O=C(NC1CCCCC1)OCCOCC#CI. The van der Waals surface area contributed by atoms with Crippen molar-refractivity contribution in [2.24, 2.45) is 0 Å². The molecule has 0 aromatic heterocycles. The molecule has 1 saturated carbocycles. The van der Waals surface area contributed by atoms with Gasteiger partial charge in [0, 0.05) is 28.6 Å². The third-order valence-corrected chi connectivity index (χ3v) is 3.01. The van der Waals surface area contributed by atoms with Crippen LogP contribution in [0.3, 0.4) is 0 Å². The highest BCUT2D eigenvalue weighted by atomic mass is 127. The van der Waals surface area contributed by atoms with Crippen molar-refractivity contribution in [1.29, 1.82) is 0 Å². The Labute approximate surface area is 116 Å². The Morgan fingerprint density at radius 1 is 1.29 bits per heavy atom. The molecule has 1 fully saturated rings. The summed E-state index contributed by atoms with van der Waals surface area (Å²) in [6, 6.07) is 0.294. The van der Waals surface area contributed by atoms with Crippen molar-refractivity contribution in [1.82, 2.24) is 5.32 Å². The van der Waals surface area contributed by atoms with Gasteiger partial charge in [-0.15, -0.1) is 0 Å². The normalized spacial score (nSPS) is 15.8. The summed E-state index contributed by atoms with van der Waals surface area (Å²) in [5.74, 6) is 2.76. The predicted molar refractivity (Wildman–Crippen MR) is 74.0 cm³/mol. The van der Waals surface area contributed by atoms with Crippen molar-refractivity contribution in [3.8, 4) is 9.85 Å². The number of ether oxygens (including phenoxy) is 2. The van der Waals surface area contributed by atoms with E-state index in [4.69, 9.17) is 9.47 Å². The molecule has 1 aliphatic rings. The highest BCUT2D eigenvalue weighted by molar-refractivity contribution is 14.1. The van der Waals surface area contributed by atoms with Gasteiger partial charge in [0.2, 0.25) is 0 Å². The molecule has 1 N–H and O–H groups in total. The Hall–Kier alpha value is -0.480. The lowest BCUT2D eigenvalue weighted by molar-refractivity contribution is 0.0845. The van der Waals surface area contributed by atoms with Crippen molar-refractivity contribution in [3.63, 3.8) is 0 Å². The lowest BCUT2D eigenvalue weighted by atomic mass is 9.96. The van der Waals surface area contributed by atoms with Crippen LogP contribution in [0.25, 0.3) is 0 Å². The molecule has 0 aromatic rings. The highest BCUT2D eigenvalue weighted by Gasteiger charge is 2.15. The molecule has 0 spiro atoms. The summed E-state index contributed by atoms with van der Waals surface area (Å²) in [5, 5.41) is 2.88. The fourth-order valence-electron chi connectivity index (χ4n) is 1.80. The molecular weight excluding hydrogens is 333 g/mol. The molecule has 17 heavy (non-hydrogen) atoms. The van der Waals surface area contributed by atoms with Crippen LogP contribution in [0, 0.1) is 9.85 Å². The molecule has 0 unspecified atom stereocenters. The number of carbonyl (C=O) groups excluding carboxylic acids is 1. The van der Waals surface area contributed by atoms with Gasteiger partial charge in [-0.1, -0.05) is 25.2 Å². The van der Waals surface area contributed by atoms with E-state index in [1.165, 1.54) is 19.3 Å². The standard InChI is InChI=1S/C12H18INO3/c13-7-4-8-16-9-10-17-12(15)14-11-5-2-1-3-6-11/h11H,1-3,5-6,8-10H2,(H,14,15). The van der Waals surface area contributed by atoms with Crippen molar-refractivity contribution < 1.29 is 14.3 Å². The van der Waals surface area contributed by atoms with Crippen LogP contribution in [-0.4, -0.2) is 32.0 Å². The van der Waals surface area contributed by atoms with E-state index in [2.05, 4.69) is 15.2 Å².